The van der Waals surface area contributed by atoms with Crippen molar-refractivity contribution in [3.05, 3.63) is 35.9 Å². The third-order valence-corrected chi connectivity index (χ3v) is 5.96. The summed E-state index contributed by atoms with van der Waals surface area (Å²) in [6.45, 7) is 6.16. The lowest BCUT2D eigenvalue weighted by molar-refractivity contribution is 0.0992. The molecule has 4 atom stereocenters. The van der Waals surface area contributed by atoms with E-state index in [1.165, 1.54) is 44.3 Å². The molecule has 2 bridgehead atoms. The predicted octanol–water partition coefficient (Wildman–Crippen LogP) is 3.32. The van der Waals surface area contributed by atoms with Gasteiger partial charge >= 0.3 is 0 Å². The topological polar surface area (TPSA) is 48.9 Å². The van der Waals surface area contributed by atoms with E-state index in [-0.39, 0.29) is 24.0 Å². The maximum Gasteiger partial charge on any atom is 0.191 e. The molecule has 0 radical (unpaired) electrons. The standard InChI is InChI=1S/C21H32N4O.HI/c1-2-22-21(24-18-14-17-10-11-20(18)26-17)23-15-19(25-12-6-7-13-25)16-8-4-3-5-9-16;/h3-5,8-9,17-20H,2,6-7,10-15H2,1H3,(H2,22,23,24);1H. The molecule has 3 aliphatic heterocycles. The summed E-state index contributed by atoms with van der Waals surface area (Å²) in [5.41, 5.74) is 1.37. The van der Waals surface area contributed by atoms with Crippen molar-refractivity contribution in [1.82, 2.24) is 15.5 Å². The van der Waals surface area contributed by atoms with Gasteiger partial charge in [-0.05, 0) is 57.7 Å². The molecule has 3 aliphatic rings. The molecular weight excluding hydrogens is 451 g/mol. The van der Waals surface area contributed by atoms with Gasteiger partial charge in [0, 0.05) is 6.54 Å². The third-order valence-electron chi connectivity index (χ3n) is 5.96. The molecule has 3 heterocycles. The number of hydrogen-bond acceptors (Lipinski definition) is 3. The number of aliphatic imine (C=N–C) groups is 1. The summed E-state index contributed by atoms with van der Waals surface area (Å²) in [6.07, 6.45) is 6.95. The molecule has 0 saturated carbocycles. The Balaban J connectivity index is 0.00000210. The van der Waals surface area contributed by atoms with Gasteiger partial charge in [-0.3, -0.25) is 9.89 Å². The summed E-state index contributed by atoms with van der Waals surface area (Å²) >= 11 is 0. The van der Waals surface area contributed by atoms with Gasteiger partial charge in [0.15, 0.2) is 5.96 Å². The molecule has 4 unspecified atom stereocenters. The van der Waals surface area contributed by atoms with E-state index in [1.54, 1.807) is 0 Å². The highest BCUT2D eigenvalue weighted by atomic mass is 127. The van der Waals surface area contributed by atoms with Gasteiger partial charge in [-0.15, -0.1) is 24.0 Å². The minimum atomic E-state index is 0. The number of ether oxygens (including phenoxy) is 1. The summed E-state index contributed by atoms with van der Waals surface area (Å²) in [7, 11) is 0. The van der Waals surface area contributed by atoms with E-state index >= 15 is 0 Å². The van der Waals surface area contributed by atoms with Crippen molar-refractivity contribution >= 4 is 29.9 Å². The normalized spacial score (nSPS) is 28.8. The average molecular weight is 484 g/mol. The molecule has 3 fully saturated rings. The molecule has 5 nitrogen and oxygen atoms in total. The van der Waals surface area contributed by atoms with Crippen LogP contribution in [-0.2, 0) is 4.74 Å². The average Bonchev–Trinajstić information content (AvgIpc) is 3.41. The number of likely N-dealkylation sites (tertiary alicyclic amines) is 1. The van der Waals surface area contributed by atoms with E-state index in [1.807, 2.05) is 0 Å². The highest BCUT2D eigenvalue weighted by Gasteiger charge is 2.41. The lowest BCUT2D eigenvalue weighted by Gasteiger charge is -2.28. The molecule has 0 aromatic heterocycles. The van der Waals surface area contributed by atoms with Crippen LogP contribution >= 0.6 is 24.0 Å². The molecule has 0 spiro atoms. The van der Waals surface area contributed by atoms with Crippen molar-refractivity contribution in [2.24, 2.45) is 4.99 Å². The number of halogens is 1. The van der Waals surface area contributed by atoms with Crippen molar-refractivity contribution < 1.29 is 4.74 Å². The van der Waals surface area contributed by atoms with E-state index in [9.17, 15) is 0 Å². The van der Waals surface area contributed by atoms with Crippen LogP contribution in [0.5, 0.6) is 0 Å². The number of nitrogens with one attached hydrogen (secondary N) is 2. The van der Waals surface area contributed by atoms with E-state index in [0.29, 0.717) is 24.3 Å². The predicted molar refractivity (Wildman–Crippen MR) is 121 cm³/mol. The smallest absolute Gasteiger partial charge is 0.191 e. The maximum absolute atomic E-state index is 5.99. The van der Waals surface area contributed by atoms with Gasteiger partial charge < -0.3 is 15.4 Å². The van der Waals surface area contributed by atoms with E-state index in [2.05, 4.69) is 52.8 Å². The van der Waals surface area contributed by atoms with Crippen molar-refractivity contribution in [2.75, 3.05) is 26.2 Å². The van der Waals surface area contributed by atoms with Crippen LogP contribution in [0.1, 0.15) is 50.6 Å². The largest absolute Gasteiger partial charge is 0.373 e. The quantitative estimate of drug-likeness (QED) is 0.370. The van der Waals surface area contributed by atoms with E-state index in [0.717, 1.165) is 25.5 Å². The van der Waals surface area contributed by atoms with Crippen LogP contribution < -0.4 is 10.6 Å². The highest BCUT2D eigenvalue weighted by Crippen LogP contribution is 2.34. The zero-order valence-corrected chi connectivity index (χ0v) is 18.6. The van der Waals surface area contributed by atoms with Gasteiger partial charge in [-0.1, -0.05) is 30.3 Å². The molecule has 1 aromatic rings. The second-order valence-electron chi connectivity index (χ2n) is 7.75. The molecule has 4 rings (SSSR count). The summed E-state index contributed by atoms with van der Waals surface area (Å²) in [6, 6.07) is 11.6. The van der Waals surface area contributed by atoms with Gasteiger partial charge in [0.1, 0.15) is 0 Å². The minimum Gasteiger partial charge on any atom is -0.373 e. The van der Waals surface area contributed by atoms with Crippen molar-refractivity contribution in [2.45, 2.75) is 63.3 Å². The number of benzene rings is 1. The SMILES string of the molecule is CCNC(=NCC(c1ccccc1)N1CCCC1)NC1CC2CCC1O2.I. The first-order chi connectivity index (χ1) is 12.8. The Morgan fingerprint density at radius 2 is 2.00 bits per heavy atom. The molecule has 3 saturated heterocycles. The van der Waals surface area contributed by atoms with Crippen LogP contribution in [0.2, 0.25) is 0 Å². The second kappa shape index (κ2) is 10.1. The molecule has 27 heavy (non-hydrogen) atoms. The Hall–Kier alpha value is -0.860. The third kappa shape index (κ3) is 5.15. The van der Waals surface area contributed by atoms with Crippen LogP contribution in [0.3, 0.4) is 0 Å². The maximum atomic E-state index is 5.99. The van der Waals surface area contributed by atoms with Gasteiger partial charge in [0.05, 0.1) is 30.8 Å². The van der Waals surface area contributed by atoms with Crippen LogP contribution in [0, 0.1) is 0 Å². The van der Waals surface area contributed by atoms with E-state index in [4.69, 9.17) is 9.73 Å². The van der Waals surface area contributed by atoms with Crippen molar-refractivity contribution in [1.29, 1.82) is 0 Å². The zero-order valence-electron chi connectivity index (χ0n) is 16.3. The molecular formula is C21H33IN4O. The second-order valence-corrected chi connectivity index (χ2v) is 7.75. The Labute approximate surface area is 180 Å². The summed E-state index contributed by atoms with van der Waals surface area (Å²) in [5.74, 6) is 0.939. The van der Waals surface area contributed by atoms with Crippen molar-refractivity contribution in [3.8, 4) is 0 Å². The number of guanidine groups is 1. The molecule has 150 valence electrons. The fraction of sp³-hybridized carbons (Fsp3) is 0.667. The number of rotatable bonds is 6. The Morgan fingerprint density at radius 1 is 1.22 bits per heavy atom. The Morgan fingerprint density at radius 3 is 2.63 bits per heavy atom. The molecule has 2 N–H and O–H groups in total. The monoisotopic (exact) mass is 484 g/mol. The summed E-state index contributed by atoms with van der Waals surface area (Å²) in [4.78, 5) is 7.57. The fourth-order valence-corrected chi connectivity index (χ4v) is 4.62. The van der Waals surface area contributed by atoms with E-state index < -0.39 is 0 Å². The van der Waals surface area contributed by atoms with Crippen LogP contribution in [0.25, 0.3) is 0 Å². The molecule has 6 heteroatoms. The first kappa shape index (κ1) is 20.9. The van der Waals surface area contributed by atoms with Gasteiger partial charge in [0.25, 0.3) is 0 Å². The first-order valence-electron chi connectivity index (χ1n) is 10.3. The minimum absolute atomic E-state index is 0. The lowest BCUT2D eigenvalue weighted by atomic mass is 9.96. The Bertz CT molecular complexity index is 605. The zero-order chi connectivity index (χ0) is 17.8. The van der Waals surface area contributed by atoms with Gasteiger partial charge in [0.2, 0.25) is 0 Å². The van der Waals surface area contributed by atoms with Gasteiger partial charge in [-0.25, -0.2) is 0 Å². The van der Waals surface area contributed by atoms with Crippen LogP contribution in [0.4, 0.5) is 0 Å². The number of fused-ring (bicyclic) bond motifs is 2. The summed E-state index contributed by atoms with van der Waals surface area (Å²) < 4.78 is 5.99. The van der Waals surface area contributed by atoms with Crippen LogP contribution in [-0.4, -0.2) is 55.3 Å². The number of hydrogen-bond donors (Lipinski definition) is 2. The van der Waals surface area contributed by atoms with Crippen LogP contribution in [0.15, 0.2) is 35.3 Å². The Kier molecular flexibility index (Phi) is 7.78. The van der Waals surface area contributed by atoms with Crippen molar-refractivity contribution in [3.63, 3.8) is 0 Å². The lowest BCUT2D eigenvalue weighted by Crippen LogP contribution is -2.47. The molecule has 0 aliphatic carbocycles. The molecule has 0 amide bonds. The molecule has 1 aromatic carbocycles. The number of nitrogens with zero attached hydrogens (tertiary/aromatic N) is 2. The fourth-order valence-electron chi connectivity index (χ4n) is 4.62. The highest BCUT2D eigenvalue weighted by molar-refractivity contribution is 14.0. The van der Waals surface area contributed by atoms with Gasteiger partial charge in [-0.2, -0.15) is 0 Å². The first-order valence-corrected chi connectivity index (χ1v) is 10.3. The summed E-state index contributed by atoms with van der Waals surface area (Å²) in [5, 5.41) is 7.07.